The van der Waals surface area contributed by atoms with Gasteiger partial charge in [-0.15, -0.1) is 9.42 Å². The van der Waals surface area contributed by atoms with E-state index in [-0.39, 0.29) is 6.61 Å². The quantitative estimate of drug-likeness (QED) is 0.275. The van der Waals surface area contributed by atoms with Gasteiger partial charge in [-0.2, -0.15) is 10.1 Å². The molecule has 0 bridgehead atoms. The molecule has 164 valence electrons. The van der Waals surface area contributed by atoms with Crippen LogP contribution in [0, 0.1) is 0 Å². The molecule has 32 heavy (non-hydrogen) atoms. The maximum absolute atomic E-state index is 10.4. The molecule has 2 aromatic carbocycles. The molecule has 1 unspecified atom stereocenters. The van der Waals surface area contributed by atoms with Gasteiger partial charge in [0, 0.05) is 23.7 Å². The van der Waals surface area contributed by atoms with Gasteiger partial charge in [-0.25, -0.2) is 0 Å². The van der Waals surface area contributed by atoms with Gasteiger partial charge in [0.25, 0.3) is 5.89 Å². The molecule has 2 aromatic heterocycles. The first-order chi connectivity index (χ1) is 15.6. The van der Waals surface area contributed by atoms with Crippen LogP contribution in [-0.2, 0) is 22.7 Å². The van der Waals surface area contributed by atoms with Crippen molar-refractivity contribution in [3.63, 3.8) is 0 Å². The molecule has 2 N–H and O–H groups in total. The van der Waals surface area contributed by atoms with Gasteiger partial charge >= 0.3 is 8.25 Å². The summed E-state index contributed by atoms with van der Waals surface area (Å²) in [6.45, 7) is 1.62. The molecule has 0 spiro atoms. The Morgan fingerprint density at radius 2 is 1.91 bits per heavy atom. The third kappa shape index (κ3) is 5.52. The van der Waals surface area contributed by atoms with Crippen LogP contribution in [-0.4, -0.2) is 38.0 Å². The van der Waals surface area contributed by atoms with Crippen molar-refractivity contribution < 1.29 is 18.5 Å². The summed E-state index contributed by atoms with van der Waals surface area (Å²) in [4.78, 5) is 13.1. The summed E-state index contributed by atoms with van der Waals surface area (Å²) < 4.78 is 22.3. The minimum atomic E-state index is -2.52. The second-order valence-electron chi connectivity index (χ2n) is 7.13. The number of rotatable bonds is 10. The van der Waals surface area contributed by atoms with E-state index < -0.39 is 8.25 Å². The number of hydrogen-bond donors (Lipinski definition) is 2. The molecule has 0 aliphatic carbocycles. The van der Waals surface area contributed by atoms with Crippen molar-refractivity contribution in [1.82, 2.24) is 25.2 Å². The maximum atomic E-state index is 10.4. The van der Waals surface area contributed by atoms with E-state index >= 15 is 0 Å². The van der Waals surface area contributed by atoms with Crippen molar-refractivity contribution in [1.29, 1.82) is 0 Å². The van der Waals surface area contributed by atoms with Crippen molar-refractivity contribution in [2.45, 2.75) is 13.0 Å². The summed E-state index contributed by atoms with van der Waals surface area (Å²) in [5.74, 6) is 0.872. The van der Waals surface area contributed by atoms with Crippen LogP contribution in [0.15, 0.2) is 65.2 Å². The number of aryl methyl sites for hydroxylation is 1. The molecule has 0 radical (unpaired) electrons. The van der Waals surface area contributed by atoms with Crippen LogP contribution in [0.5, 0.6) is 0 Å². The highest BCUT2D eigenvalue weighted by atomic mass is 31.1. The Kier molecular flexibility index (Phi) is 7.14. The topological polar surface area (TPSA) is 115 Å². The molecule has 0 aliphatic heterocycles. The predicted octanol–water partition coefficient (Wildman–Crippen LogP) is 3.95. The fraction of sp³-hybridized carbons (Fsp3) is 0.227. The fourth-order valence-corrected chi connectivity index (χ4v) is 3.53. The van der Waals surface area contributed by atoms with Gasteiger partial charge in [0.2, 0.25) is 5.82 Å². The molecule has 0 aliphatic rings. The summed E-state index contributed by atoms with van der Waals surface area (Å²) >= 11 is 0. The molecule has 4 rings (SSSR count). The zero-order valence-electron chi connectivity index (χ0n) is 17.5. The third-order valence-electron chi connectivity index (χ3n) is 4.84. The smallest absolute Gasteiger partial charge is 0.332 e. The van der Waals surface area contributed by atoms with Gasteiger partial charge in [-0.05, 0) is 30.2 Å². The Hall–Kier alpha value is -3.23. The van der Waals surface area contributed by atoms with Crippen molar-refractivity contribution in [3.8, 4) is 34.2 Å². The van der Waals surface area contributed by atoms with E-state index in [0.717, 1.165) is 22.4 Å². The highest BCUT2D eigenvalue weighted by Gasteiger charge is 2.16. The number of nitrogens with zero attached hydrogens (tertiary/aromatic N) is 4. The molecule has 9 nitrogen and oxygen atoms in total. The third-order valence-corrected chi connectivity index (χ3v) is 5.24. The number of nitrogens with one attached hydrogen (secondary N) is 1. The van der Waals surface area contributed by atoms with E-state index in [4.69, 9.17) is 9.42 Å². The molecular formula is C22H23N5O4P+. The highest BCUT2D eigenvalue weighted by Crippen LogP contribution is 2.26. The first kappa shape index (κ1) is 22.0. The van der Waals surface area contributed by atoms with Crippen LogP contribution in [0.25, 0.3) is 34.2 Å². The van der Waals surface area contributed by atoms with E-state index in [9.17, 15) is 4.57 Å². The predicted molar refractivity (Wildman–Crippen MR) is 119 cm³/mol. The van der Waals surface area contributed by atoms with Gasteiger partial charge in [0.1, 0.15) is 6.61 Å². The minimum absolute atomic E-state index is 0.251. The van der Waals surface area contributed by atoms with E-state index in [0.29, 0.717) is 36.9 Å². The van der Waals surface area contributed by atoms with Crippen LogP contribution < -0.4 is 5.32 Å². The molecule has 4 aromatic rings. The van der Waals surface area contributed by atoms with Crippen LogP contribution in [0.4, 0.5) is 0 Å². The van der Waals surface area contributed by atoms with E-state index in [2.05, 4.69) is 25.1 Å². The number of hydrogen-bond acceptors (Lipinski definition) is 7. The zero-order valence-corrected chi connectivity index (χ0v) is 18.4. The van der Waals surface area contributed by atoms with Gasteiger partial charge in [-0.1, -0.05) is 59.8 Å². The molecule has 0 amide bonds. The lowest BCUT2D eigenvalue weighted by atomic mass is 10.1. The van der Waals surface area contributed by atoms with Gasteiger partial charge in [0.05, 0.1) is 5.69 Å². The van der Waals surface area contributed by atoms with Crippen LogP contribution in [0.2, 0.25) is 0 Å². The molecule has 2 heterocycles. The second-order valence-corrected chi connectivity index (χ2v) is 7.86. The summed E-state index contributed by atoms with van der Waals surface area (Å²) in [5, 5.41) is 11.9. The number of aromatic nitrogens is 4. The maximum Gasteiger partial charge on any atom is 0.694 e. The van der Waals surface area contributed by atoms with E-state index in [1.807, 2.05) is 67.7 Å². The first-order valence-electron chi connectivity index (χ1n) is 10.1. The van der Waals surface area contributed by atoms with Gasteiger partial charge in [0.15, 0.2) is 5.69 Å². The lowest BCUT2D eigenvalue weighted by molar-refractivity contribution is 0.276. The Bertz CT molecular complexity index is 1170. The van der Waals surface area contributed by atoms with Crippen LogP contribution >= 0.6 is 8.25 Å². The summed E-state index contributed by atoms with van der Waals surface area (Å²) in [7, 11) is -0.632. The fourth-order valence-electron chi connectivity index (χ4n) is 3.24. The lowest BCUT2D eigenvalue weighted by Gasteiger charge is -2.04. The molecule has 10 heteroatoms. The normalized spacial score (nSPS) is 11.6. The Labute approximate surface area is 186 Å². The van der Waals surface area contributed by atoms with Gasteiger partial charge in [-0.3, -0.25) is 4.68 Å². The lowest BCUT2D eigenvalue weighted by Crippen LogP contribution is -2.15. The minimum Gasteiger partial charge on any atom is -0.332 e. The second kappa shape index (κ2) is 10.4. The zero-order chi connectivity index (χ0) is 22.3. The van der Waals surface area contributed by atoms with E-state index in [1.165, 1.54) is 0 Å². The Morgan fingerprint density at radius 1 is 1.12 bits per heavy atom. The molecule has 0 saturated heterocycles. The standard InChI is InChI=1S/C22H22N5O4P/c1-27-20(17-6-3-2-4-7-17)14-19(25-27)22-24-21(26-31-22)18-10-8-16(9-11-18)15-23-12-5-13-30-32(28)29/h2-4,6-11,14,23H,5,12-13,15H2,1H3/p+1. The monoisotopic (exact) mass is 452 g/mol. The molecule has 0 saturated carbocycles. The van der Waals surface area contributed by atoms with Crippen molar-refractivity contribution in [2.75, 3.05) is 13.2 Å². The van der Waals surface area contributed by atoms with Gasteiger partial charge < -0.3 is 9.84 Å². The molecule has 0 fully saturated rings. The largest absolute Gasteiger partial charge is 0.694 e. The van der Waals surface area contributed by atoms with Crippen LogP contribution in [0.3, 0.4) is 0 Å². The summed E-state index contributed by atoms with van der Waals surface area (Å²) in [5.41, 5.74) is 4.61. The average molecular weight is 452 g/mol. The average Bonchev–Trinajstić information content (AvgIpc) is 3.44. The highest BCUT2D eigenvalue weighted by molar-refractivity contribution is 7.32. The van der Waals surface area contributed by atoms with Crippen molar-refractivity contribution in [3.05, 3.63) is 66.2 Å². The Morgan fingerprint density at radius 3 is 2.66 bits per heavy atom. The van der Waals surface area contributed by atoms with Crippen LogP contribution in [0.1, 0.15) is 12.0 Å². The molecular weight excluding hydrogens is 429 g/mol. The summed E-state index contributed by atoms with van der Waals surface area (Å²) in [6, 6.07) is 19.8. The Balaban J connectivity index is 1.37. The SMILES string of the molecule is Cn1nc(-c2nc(-c3ccc(CNCCCO[P+](=O)O)cc3)no2)cc1-c1ccccc1. The number of benzene rings is 2. The summed E-state index contributed by atoms with van der Waals surface area (Å²) in [6.07, 6.45) is 0.658. The van der Waals surface area contributed by atoms with E-state index in [1.54, 1.807) is 4.68 Å². The van der Waals surface area contributed by atoms with Crippen molar-refractivity contribution in [2.24, 2.45) is 7.05 Å². The molecule has 1 atom stereocenters. The van der Waals surface area contributed by atoms with Crippen molar-refractivity contribution >= 4 is 8.25 Å². The first-order valence-corrected chi connectivity index (χ1v) is 11.3.